The predicted molar refractivity (Wildman–Crippen MR) is 174 cm³/mol. The van der Waals surface area contributed by atoms with Gasteiger partial charge in [-0.2, -0.15) is 0 Å². The van der Waals surface area contributed by atoms with Crippen molar-refractivity contribution >= 4 is 46.9 Å². The molecule has 3 amide bonds. The van der Waals surface area contributed by atoms with E-state index < -0.39 is 11.8 Å². The van der Waals surface area contributed by atoms with Gasteiger partial charge in [-0.3, -0.25) is 14.4 Å². The summed E-state index contributed by atoms with van der Waals surface area (Å²) in [4.78, 5) is 39.9. The Bertz CT molecular complexity index is 1660. The second-order valence-electron chi connectivity index (χ2n) is 9.51. The van der Waals surface area contributed by atoms with Crippen molar-refractivity contribution in [3.05, 3.63) is 113 Å². The molecule has 4 aromatic carbocycles. The van der Waals surface area contributed by atoms with Gasteiger partial charge in [0.25, 0.3) is 11.8 Å². The maximum atomic E-state index is 13.6. The molecule has 0 aromatic heterocycles. The number of rotatable bonds is 12. The number of nitrogens with one attached hydrogen (secondary N) is 3. The largest absolute Gasteiger partial charge is 0.496 e. The Morgan fingerprint density at radius 3 is 2.09 bits per heavy atom. The van der Waals surface area contributed by atoms with Crippen LogP contribution in [0.25, 0.3) is 6.08 Å². The standard InChI is InChI=1S/C34H33N3O6S/c1-22-13-15-25(16-14-22)35-32(38)21-44-27-12-8-11-26(19-27)36-34(40)28(37-33(39)23-9-6-5-7-10-23)17-24-18-30(42-3)31(43-4)20-29(24)41-2/h5-20H,21H2,1-4H3,(H,35,38)(H,36,40)(H,37,39)/b28-17+. The normalized spacial score (nSPS) is 10.9. The minimum Gasteiger partial charge on any atom is -0.496 e. The summed E-state index contributed by atoms with van der Waals surface area (Å²) in [5.41, 5.74) is 3.15. The molecule has 0 aliphatic heterocycles. The molecule has 0 fully saturated rings. The third kappa shape index (κ3) is 8.65. The first-order chi connectivity index (χ1) is 21.3. The summed E-state index contributed by atoms with van der Waals surface area (Å²) < 4.78 is 16.3. The minimum absolute atomic E-state index is 0.0279. The molecule has 3 N–H and O–H groups in total. The van der Waals surface area contributed by atoms with E-state index in [2.05, 4.69) is 16.0 Å². The molecule has 44 heavy (non-hydrogen) atoms. The van der Waals surface area contributed by atoms with E-state index in [1.54, 1.807) is 60.7 Å². The molecule has 0 aliphatic rings. The van der Waals surface area contributed by atoms with Crippen LogP contribution in [0.5, 0.6) is 17.2 Å². The fourth-order valence-electron chi connectivity index (χ4n) is 4.11. The zero-order valence-electron chi connectivity index (χ0n) is 24.8. The molecule has 0 bridgehead atoms. The highest BCUT2D eigenvalue weighted by atomic mass is 32.2. The third-order valence-corrected chi connectivity index (χ3v) is 7.36. The number of methoxy groups -OCH3 is 3. The predicted octanol–water partition coefficient (Wildman–Crippen LogP) is 6.16. The monoisotopic (exact) mass is 611 g/mol. The highest BCUT2D eigenvalue weighted by Gasteiger charge is 2.18. The highest BCUT2D eigenvalue weighted by Crippen LogP contribution is 2.35. The first-order valence-electron chi connectivity index (χ1n) is 13.6. The molecule has 0 atom stereocenters. The van der Waals surface area contributed by atoms with E-state index in [-0.39, 0.29) is 17.4 Å². The van der Waals surface area contributed by atoms with Gasteiger partial charge in [0.2, 0.25) is 5.91 Å². The van der Waals surface area contributed by atoms with Gasteiger partial charge in [0.05, 0.1) is 27.1 Å². The molecule has 0 aliphatic carbocycles. The fourth-order valence-corrected chi connectivity index (χ4v) is 4.86. The van der Waals surface area contributed by atoms with Crippen LogP contribution in [0.3, 0.4) is 0 Å². The molecule has 4 aromatic rings. The second-order valence-corrected chi connectivity index (χ2v) is 10.6. The van der Waals surface area contributed by atoms with Crippen LogP contribution in [0.15, 0.2) is 102 Å². The Labute approximate surface area is 260 Å². The van der Waals surface area contributed by atoms with Gasteiger partial charge in [0, 0.05) is 33.5 Å². The maximum absolute atomic E-state index is 13.6. The zero-order chi connectivity index (χ0) is 31.5. The number of benzene rings is 4. The van der Waals surface area contributed by atoms with Gasteiger partial charge < -0.3 is 30.2 Å². The van der Waals surface area contributed by atoms with Crippen molar-refractivity contribution in [2.45, 2.75) is 11.8 Å². The Morgan fingerprint density at radius 2 is 1.41 bits per heavy atom. The van der Waals surface area contributed by atoms with Gasteiger partial charge in [-0.05, 0) is 61.5 Å². The number of amides is 3. The van der Waals surface area contributed by atoms with E-state index >= 15 is 0 Å². The van der Waals surface area contributed by atoms with Gasteiger partial charge in [-0.25, -0.2) is 0 Å². The molecular formula is C34H33N3O6S. The summed E-state index contributed by atoms with van der Waals surface area (Å²) in [6.45, 7) is 1.98. The molecule has 0 saturated carbocycles. The number of anilines is 2. The number of carbonyl (C=O) groups is 3. The van der Waals surface area contributed by atoms with E-state index in [9.17, 15) is 14.4 Å². The van der Waals surface area contributed by atoms with E-state index in [1.807, 2.05) is 37.3 Å². The van der Waals surface area contributed by atoms with E-state index in [1.165, 1.54) is 39.2 Å². The maximum Gasteiger partial charge on any atom is 0.272 e. The van der Waals surface area contributed by atoms with Crippen molar-refractivity contribution in [3.8, 4) is 17.2 Å². The third-order valence-electron chi connectivity index (χ3n) is 6.36. The first-order valence-corrected chi connectivity index (χ1v) is 14.6. The molecule has 226 valence electrons. The second kappa shape index (κ2) is 15.3. The summed E-state index contributed by atoms with van der Waals surface area (Å²) in [7, 11) is 4.50. The molecule has 0 spiro atoms. The molecule has 0 heterocycles. The molecule has 0 unspecified atom stereocenters. The number of aryl methyl sites for hydroxylation is 1. The summed E-state index contributed by atoms with van der Waals surface area (Å²) in [6.07, 6.45) is 1.50. The summed E-state index contributed by atoms with van der Waals surface area (Å²) in [5, 5.41) is 8.45. The van der Waals surface area contributed by atoms with Crippen LogP contribution in [0.2, 0.25) is 0 Å². The quantitative estimate of drug-likeness (QED) is 0.130. The Morgan fingerprint density at radius 1 is 0.727 bits per heavy atom. The molecule has 0 radical (unpaired) electrons. The van der Waals surface area contributed by atoms with Crippen molar-refractivity contribution < 1.29 is 28.6 Å². The van der Waals surface area contributed by atoms with Crippen LogP contribution in [-0.2, 0) is 9.59 Å². The first kappa shape index (κ1) is 31.7. The average Bonchev–Trinajstić information content (AvgIpc) is 3.04. The number of hydrogen-bond acceptors (Lipinski definition) is 7. The lowest BCUT2D eigenvalue weighted by Gasteiger charge is -2.15. The lowest BCUT2D eigenvalue weighted by atomic mass is 10.1. The Kier molecular flexibility index (Phi) is 11.0. The SMILES string of the molecule is COc1cc(OC)c(OC)cc1/C=C(/NC(=O)c1ccccc1)C(=O)Nc1cccc(SCC(=O)Nc2ccc(C)cc2)c1. The Hall–Kier alpha value is -5.22. The number of carbonyl (C=O) groups excluding carboxylic acids is 3. The van der Waals surface area contributed by atoms with Gasteiger partial charge in [-0.1, -0.05) is 42.0 Å². The number of hydrogen-bond donors (Lipinski definition) is 3. The van der Waals surface area contributed by atoms with Gasteiger partial charge >= 0.3 is 0 Å². The molecule has 0 saturated heterocycles. The van der Waals surface area contributed by atoms with E-state index in [4.69, 9.17) is 14.2 Å². The average molecular weight is 612 g/mol. The summed E-state index contributed by atoms with van der Waals surface area (Å²) >= 11 is 1.33. The van der Waals surface area contributed by atoms with Crippen molar-refractivity contribution in [1.29, 1.82) is 0 Å². The fraction of sp³-hybridized carbons (Fsp3) is 0.147. The van der Waals surface area contributed by atoms with Crippen molar-refractivity contribution in [2.24, 2.45) is 0 Å². The van der Waals surface area contributed by atoms with Crippen LogP contribution in [0, 0.1) is 6.92 Å². The smallest absolute Gasteiger partial charge is 0.272 e. The van der Waals surface area contributed by atoms with Crippen LogP contribution in [-0.4, -0.2) is 44.8 Å². The number of ether oxygens (including phenoxy) is 3. The van der Waals surface area contributed by atoms with Crippen LogP contribution in [0.1, 0.15) is 21.5 Å². The number of thioether (sulfide) groups is 1. The minimum atomic E-state index is -0.564. The molecule has 9 nitrogen and oxygen atoms in total. The van der Waals surface area contributed by atoms with Gasteiger partial charge in [0.15, 0.2) is 11.5 Å². The molecule has 4 rings (SSSR count). The highest BCUT2D eigenvalue weighted by molar-refractivity contribution is 8.00. The lowest BCUT2D eigenvalue weighted by molar-refractivity contribution is -0.114. The van der Waals surface area contributed by atoms with Gasteiger partial charge in [-0.15, -0.1) is 11.8 Å². The van der Waals surface area contributed by atoms with Crippen LogP contribution < -0.4 is 30.2 Å². The zero-order valence-corrected chi connectivity index (χ0v) is 25.6. The van der Waals surface area contributed by atoms with Gasteiger partial charge in [0.1, 0.15) is 11.4 Å². The van der Waals surface area contributed by atoms with Crippen LogP contribution >= 0.6 is 11.8 Å². The van der Waals surface area contributed by atoms with Crippen molar-refractivity contribution in [3.63, 3.8) is 0 Å². The van der Waals surface area contributed by atoms with Crippen LogP contribution in [0.4, 0.5) is 11.4 Å². The Balaban J connectivity index is 1.55. The van der Waals surface area contributed by atoms with Crippen molar-refractivity contribution in [1.82, 2.24) is 5.32 Å². The van der Waals surface area contributed by atoms with Crippen molar-refractivity contribution in [2.75, 3.05) is 37.7 Å². The van der Waals surface area contributed by atoms with E-state index in [0.717, 1.165) is 16.1 Å². The summed E-state index contributed by atoms with van der Waals surface area (Å²) in [6, 6.07) is 26.5. The lowest BCUT2D eigenvalue weighted by Crippen LogP contribution is -2.30. The topological polar surface area (TPSA) is 115 Å². The summed E-state index contributed by atoms with van der Waals surface area (Å²) in [5.74, 6) is 0.284. The van der Waals surface area contributed by atoms with E-state index in [0.29, 0.717) is 34.1 Å². The molecule has 10 heteroatoms. The molecular weight excluding hydrogens is 578 g/mol.